The van der Waals surface area contributed by atoms with Gasteiger partial charge in [0, 0.05) is 18.2 Å². The highest BCUT2D eigenvalue weighted by molar-refractivity contribution is 5.58. The minimum Gasteiger partial charge on any atom is -0.385 e. The molecule has 1 heterocycles. The summed E-state index contributed by atoms with van der Waals surface area (Å²) in [5.74, 6) is -0.741. The van der Waals surface area contributed by atoms with Crippen molar-refractivity contribution >= 4 is 5.69 Å². The SMILES string of the molecule is N#Cc1ccc2c(c1)[C@@H](C(F)F)CCN2. The third-order valence-corrected chi connectivity index (χ3v) is 2.66. The van der Waals surface area contributed by atoms with Crippen molar-refractivity contribution in [3.05, 3.63) is 29.3 Å². The summed E-state index contributed by atoms with van der Waals surface area (Å²) in [5.41, 5.74) is 1.73. The first kappa shape index (κ1) is 9.91. The van der Waals surface area contributed by atoms with Crippen LogP contribution in [0.15, 0.2) is 18.2 Å². The van der Waals surface area contributed by atoms with E-state index in [9.17, 15) is 8.78 Å². The minimum absolute atomic E-state index is 0.416. The highest BCUT2D eigenvalue weighted by Crippen LogP contribution is 2.36. The number of nitrogens with zero attached hydrogens (tertiary/aromatic N) is 1. The first-order valence-electron chi connectivity index (χ1n) is 4.78. The summed E-state index contributed by atoms with van der Waals surface area (Å²) in [5, 5.41) is 11.8. The topological polar surface area (TPSA) is 35.8 Å². The third-order valence-electron chi connectivity index (χ3n) is 2.66. The Bertz CT molecular complexity index is 410. The molecule has 1 aromatic carbocycles. The van der Waals surface area contributed by atoms with Crippen molar-refractivity contribution in [3.63, 3.8) is 0 Å². The number of alkyl halides is 2. The summed E-state index contributed by atoms with van der Waals surface area (Å²) >= 11 is 0. The molecular weight excluding hydrogens is 198 g/mol. The Labute approximate surface area is 86.5 Å². The molecule has 15 heavy (non-hydrogen) atoms. The van der Waals surface area contributed by atoms with Gasteiger partial charge in [-0.15, -0.1) is 0 Å². The van der Waals surface area contributed by atoms with E-state index < -0.39 is 12.3 Å². The first-order valence-corrected chi connectivity index (χ1v) is 4.78. The molecule has 0 saturated carbocycles. The molecular formula is C11H10F2N2. The van der Waals surface area contributed by atoms with Crippen LogP contribution in [-0.2, 0) is 0 Å². The number of halogens is 2. The van der Waals surface area contributed by atoms with Gasteiger partial charge in [0.1, 0.15) is 0 Å². The molecule has 0 radical (unpaired) electrons. The van der Waals surface area contributed by atoms with E-state index in [0.717, 1.165) is 5.69 Å². The minimum atomic E-state index is -2.36. The molecule has 1 aromatic rings. The lowest BCUT2D eigenvalue weighted by molar-refractivity contribution is 0.110. The Morgan fingerprint density at radius 2 is 2.27 bits per heavy atom. The zero-order valence-electron chi connectivity index (χ0n) is 8.00. The average molecular weight is 208 g/mol. The molecule has 1 atom stereocenters. The quantitative estimate of drug-likeness (QED) is 0.770. The number of hydrogen-bond donors (Lipinski definition) is 1. The van der Waals surface area contributed by atoms with Crippen molar-refractivity contribution in [2.45, 2.75) is 18.8 Å². The van der Waals surface area contributed by atoms with Crippen LogP contribution >= 0.6 is 0 Å². The summed E-state index contributed by atoms with van der Waals surface area (Å²) < 4.78 is 25.4. The number of anilines is 1. The maximum absolute atomic E-state index is 12.7. The summed E-state index contributed by atoms with van der Waals surface area (Å²) in [6.45, 7) is 0.563. The van der Waals surface area contributed by atoms with Crippen LogP contribution in [0.2, 0.25) is 0 Å². The number of benzene rings is 1. The Kier molecular flexibility index (Phi) is 2.55. The van der Waals surface area contributed by atoms with Crippen LogP contribution < -0.4 is 5.32 Å². The standard InChI is InChI=1S/C11H10F2N2/c12-11(13)8-3-4-15-10-2-1-7(6-14)5-9(8)10/h1-2,5,8,11,15H,3-4H2/t8-/m0/s1. The Hall–Kier alpha value is -1.63. The predicted octanol–water partition coefficient (Wildman–Crippen LogP) is 2.72. The molecule has 0 fully saturated rings. The van der Waals surface area contributed by atoms with Crippen LogP contribution in [0.25, 0.3) is 0 Å². The molecule has 1 aliphatic heterocycles. The summed E-state index contributed by atoms with van der Waals surface area (Å²) in [6.07, 6.45) is -1.95. The van der Waals surface area contributed by atoms with E-state index in [1.54, 1.807) is 18.2 Å². The molecule has 0 spiro atoms. The zero-order valence-corrected chi connectivity index (χ0v) is 8.00. The number of hydrogen-bond acceptors (Lipinski definition) is 2. The fraction of sp³-hybridized carbons (Fsp3) is 0.364. The summed E-state index contributed by atoms with van der Waals surface area (Å²) in [6, 6.07) is 6.85. The highest BCUT2D eigenvalue weighted by Gasteiger charge is 2.27. The third kappa shape index (κ3) is 1.78. The van der Waals surface area contributed by atoms with Gasteiger partial charge in [0.2, 0.25) is 6.43 Å². The van der Waals surface area contributed by atoms with Gasteiger partial charge in [0.15, 0.2) is 0 Å². The normalized spacial score (nSPS) is 19.2. The second kappa shape index (κ2) is 3.85. The van der Waals surface area contributed by atoms with Gasteiger partial charge in [-0.05, 0) is 30.2 Å². The van der Waals surface area contributed by atoms with Gasteiger partial charge in [-0.25, -0.2) is 8.78 Å². The molecule has 78 valence electrons. The second-order valence-electron chi connectivity index (χ2n) is 3.57. The lowest BCUT2D eigenvalue weighted by atomic mass is 9.90. The Morgan fingerprint density at radius 1 is 1.47 bits per heavy atom. The molecule has 2 rings (SSSR count). The van der Waals surface area contributed by atoms with E-state index in [0.29, 0.717) is 24.1 Å². The summed E-state index contributed by atoms with van der Waals surface area (Å²) in [7, 11) is 0. The van der Waals surface area contributed by atoms with Gasteiger partial charge in [0.25, 0.3) is 0 Å². The smallest absolute Gasteiger partial charge is 0.245 e. The average Bonchev–Trinajstić information content (AvgIpc) is 2.27. The van der Waals surface area contributed by atoms with Gasteiger partial charge in [-0.1, -0.05) is 0 Å². The number of nitrogens with one attached hydrogen (secondary N) is 1. The van der Waals surface area contributed by atoms with Crippen molar-refractivity contribution in [1.82, 2.24) is 0 Å². The van der Waals surface area contributed by atoms with Crippen molar-refractivity contribution in [3.8, 4) is 6.07 Å². The molecule has 1 N–H and O–H groups in total. The fourth-order valence-corrected chi connectivity index (χ4v) is 1.88. The van der Waals surface area contributed by atoms with Crippen molar-refractivity contribution in [2.24, 2.45) is 0 Å². The van der Waals surface area contributed by atoms with Crippen molar-refractivity contribution < 1.29 is 8.78 Å². The molecule has 0 unspecified atom stereocenters. The van der Waals surface area contributed by atoms with Gasteiger partial charge in [-0.3, -0.25) is 0 Å². The Morgan fingerprint density at radius 3 is 2.93 bits per heavy atom. The van der Waals surface area contributed by atoms with E-state index in [2.05, 4.69) is 5.32 Å². The number of fused-ring (bicyclic) bond motifs is 1. The highest BCUT2D eigenvalue weighted by atomic mass is 19.3. The van der Waals surface area contributed by atoms with E-state index in [1.807, 2.05) is 6.07 Å². The van der Waals surface area contributed by atoms with Crippen molar-refractivity contribution in [2.75, 3.05) is 11.9 Å². The molecule has 0 aliphatic carbocycles. The van der Waals surface area contributed by atoms with Crippen molar-refractivity contribution in [1.29, 1.82) is 5.26 Å². The monoisotopic (exact) mass is 208 g/mol. The van der Waals surface area contributed by atoms with Crippen LogP contribution in [0.1, 0.15) is 23.5 Å². The molecule has 2 nitrogen and oxygen atoms in total. The second-order valence-corrected chi connectivity index (χ2v) is 3.57. The van der Waals surface area contributed by atoms with E-state index in [4.69, 9.17) is 5.26 Å². The fourth-order valence-electron chi connectivity index (χ4n) is 1.88. The first-order chi connectivity index (χ1) is 7.22. The van der Waals surface area contributed by atoms with Crippen LogP contribution in [0, 0.1) is 11.3 Å². The molecule has 1 aliphatic rings. The predicted molar refractivity (Wildman–Crippen MR) is 53.0 cm³/mol. The van der Waals surface area contributed by atoms with Crippen LogP contribution in [0.5, 0.6) is 0 Å². The maximum Gasteiger partial charge on any atom is 0.245 e. The van der Waals surface area contributed by atoms with Crippen LogP contribution in [-0.4, -0.2) is 13.0 Å². The van der Waals surface area contributed by atoms with E-state index >= 15 is 0 Å². The molecule has 0 amide bonds. The van der Waals surface area contributed by atoms with Gasteiger partial charge in [-0.2, -0.15) is 5.26 Å². The van der Waals surface area contributed by atoms with Crippen LogP contribution in [0.3, 0.4) is 0 Å². The molecule has 4 heteroatoms. The lowest BCUT2D eigenvalue weighted by Gasteiger charge is -2.26. The number of nitriles is 1. The molecule has 0 saturated heterocycles. The van der Waals surface area contributed by atoms with Gasteiger partial charge in [0.05, 0.1) is 11.6 Å². The maximum atomic E-state index is 12.7. The van der Waals surface area contributed by atoms with Gasteiger partial charge >= 0.3 is 0 Å². The van der Waals surface area contributed by atoms with E-state index in [1.165, 1.54) is 0 Å². The van der Waals surface area contributed by atoms with E-state index in [-0.39, 0.29) is 0 Å². The lowest BCUT2D eigenvalue weighted by Crippen LogP contribution is -2.21. The number of rotatable bonds is 1. The summed E-state index contributed by atoms with van der Waals surface area (Å²) in [4.78, 5) is 0. The molecule has 0 bridgehead atoms. The van der Waals surface area contributed by atoms with Gasteiger partial charge < -0.3 is 5.32 Å². The largest absolute Gasteiger partial charge is 0.385 e. The van der Waals surface area contributed by atoms with Crippen LogP contribution in [0.4, 0.5) is 14.5 Å². The Balaban J connectivity index is 2.45. The molecule has 0 aromatic heterocycles. The zero-order chi connectivity index (χ0) is 10.8.